The van der Waals surface area contributed by atoms with E-state index in [9.17, 15) is 4.79 Å². The summed E-state index contributed by atoms with van der Waals surface area (Å²) in [6, 6.07) is 8.69. The lowest BCUT2D eigenvalue weighted by molar-refractivity contribution is -0.130. The number of rotatable bonds is 5. The van der Waals surface area contributed by atoms with Crippen LogP contribution in [0, 0.1) is 6.92 Å². The number of nitrogens with one attached hydrogen (secondary N) is 1. The first kappa shape index (κ1) is 16.3. The molecule has 1 aromatic carbocycles. The van der Waals surface area contributed by atoms with Gasteiger partial charge in [0.15, 0.2) is 0 Å². The van der Waals surface area contributed by atoms with Gasteiger partial charge in [-0.25, -0.2) is 0 Å². The van der Waals surface area contributed by atoms with Gasteiger partial charge in [-0.2, -0.15) is 0 Å². The highest BCUT2D eigenvalue weighted by molar-refractivity contribution is 5.80. The van der Waals surface area contributed by atoms with Crippen molar-refractivity contribution in [2.24, 2.45) is 0 Å². The lowest BCUT2D eigenvalue weighted by Crippen LogP contribution is -2.49. The summed E-state index contributed by atoms with van der Waals surface area (Å²) < 4.78 is 5.40. The molecular formula is C18H27N3O2. The molecule has 0 radical (unpaired) electrons. The summed E-state index contributed by atoms with van der Waals surface area (Å²) >= 11 is 0. The predicted octanol–water partition coefficient (Wildman–Crippen LogP) is 1.41. The summed E-state index contributed by atoms with van der Waals surface area (Å²) in [5, 5.41) is 3.00. The van der Waals surface area contributed by atoms with Crippen LogP contribution < -0.4 is 10.2 Å². The molecule has 0 bridgehead atoms. The zero-order valence-electron chi connectivity index (χ0n) is 14.0. The SMILES string of the molecule is Cc1cccc(N2CCN(CCNC(=O)[C@@H]3CCCO3)CC2)c1. The van der Waals surface area contributed by atoms with Crippen molar-refractivity contribution in [1.82, 2.24) is 10.2 Å². The molecule has 0 saturated carbocycles. The molecule has 0 unspecified atom stereocenters. The normalized spacial score (nSPS) is 22.3. The minimum Gasteiger partial charge on any atom is -0.369 e. The number of amides is 1. The average molecular weight is 317 g/mol. The average Bonchev–Trinajstić information content (AvgIpc) is 3.10. The summed E-state index contributed by atoms with van der Waals surface area (Å²) in [4.78, 5) is 16.8. The second kappa shape index (κ2) is 7.79. The Morgan fingerprint density at radius 3 is 2.83 bits per heavy atom. The van der Waals surface area contributed by atoms with Crippen molar-refractivity contribution in [1.29, 1.82) is 0 Å². The number of anilines is 1. The van der Waals surface area contributed by atoms with Crippen LogP contribution in [0.3, 0.4) is 0 Å². The van der Waals surface area contributed by atoms with Gasteiger partial charge < -0.3 is 15.0 Å². The Balaban J connectivity index is 1.37. The van der Waals surface area contributed by atoms with Gasteiger partial charge in [0, 0.05) is 51.6 Å². The first-order valence-corrected chi connectivity index (χ1v) is 8.66. The summed E-state index contributed by atoms with van der Waals surface area (Å²) in [6.45, 7) is 8.67. The third-order valence-electron chi connectivity index (χ3n) is 4.69. The predicted molar refractivity (Wildman–Crippen MR) is 91.8 cm³/mol. The molecule has 2 saturated heterocycles. The Hall–Kier alpha value is -1.59. The number of carbonyl (C=O) groups is 1. The molecule has 0 aromatic heterocycles. The molecule has 1 N–H and O–H groups in total. The van der Waals surface area contributed by atoms with Crippen LogP contribution in [-0.4, -0.2) is 62.8 Å². The highest BCUT2D eigenvalue weighted by atomic mass is 16.5. The molecule has 0 aliphatic carbocycles. The quantitative estimate of drug-likeness (QED) is 0.892. The number of benzene rings is 1. The first-order chi connectivity index (χ1) is 11.2. The summed E-state index contributed by atoms with van der Waals surface area (Å²) in [7, 11) is 0. The van der Waals surface area contributed by atoms with Crippen LogP contribution in [0.15, 0.2) is 24.3 Å². The fourth-order valence-corrected chi connectivity index (χ4v) is 3.29. The lowest BCUT2D eigenvalue weighted by atomic mass is 10.2. The van der Waals surface area contributed by atoms with Gasteiger partial charge in [0.1, 0.15) is 6.10 Å². The fraction of sp³-hybridized carbons (Fsp3) is 0.611. The summed E-state index contributed by atoms with van der Waals surface area (Å²) in [5.74, 6) is 0.0564. The van der Waals surface area contributed by atoms with Crippen molar-refractivity contribution in [3.8, 4) is 0 Å². The molecule has 2 aliphatic heterocycles. The van der Waals surface area contributed by atoms with E-state index in [-0.39, 0.29) is 12.0 Å². The molecule has 1 atom stereocenters. The number of ether oxygens (including phenoxy) is 1. The third-order valence-corrected chi connectivity index (χ3v) is 4.69. The third kappa shape index (κ3) is 4.45. The van der Waals surface area contributed by atoms with Crippen LogP contribution in [0.5, 0.6) is 0 Å². The van der Waals surface area contributed by atoms with E-state index in [4.69, 9.17) is 4.74 Å². The Morgan fingerprint density at radius 2 is 2.13 bits per heavy atom. The van der Waals surface area contributed by atoms with Crippen LogP contribution in [0.4, 0.5) is 5.69 Å². The van der Waals surface area contributed by atoms with Gasteiger partial charge in [-0.15, -0.1) is 0 Å². The van der Waals surface area contributed by atoms with Crippen LogP contribution in [0.25, 0.3) is 0 Å². The number of aryl methyl sites for hydroxylation is 1. The largest absolute Gasteiger partial charge is 0.369 e. The molecule has 5 nitrogen and oxygen atoms in total. The Labute approximate surface area is 138 Å². The maximum absolute atomic E-state index is 11.9. The van der Waals surface area contributed by atoms with Crippen molar-refractivity contribution < 1.29 is 9.53 Å². The Kier molecular flexibility index (Phi) is 5.51. The van der Waals surface area contributed by atoms with Crippen LogP contribution in [0.1, 0.15) is 18.4 Å². The van der Waals surface area contributed by atoms with E-state index in [0.717, 1.165) is 52.2 Å². The molecule has 1 amide bonds. The van der Waals surface area contributed by atoms with Crippen LogP contribution in [0.2, 0.25) is 0 Å². The van der Waals surface area contributed by atoms with Crippen LogP contribution >= 0.6 is 0 Å². The molecule has 23 heavy (non-hydrogen) atoms. The van der Waals surface area contributed by atoms with E-state index in [1.807, 2.05) is 0 Å². The number of nitrogens with zero attached hydrogens (tertiary/aromatic N) is 2. The smallest absolute Gasteiger partial charge is 0.249 e. The fourth-order valence-electron chi connectivity index (χ4n) is 3.29. The topological polar surface area (TPSA) is 44.8 Å². The minimum atomic E-state index is -0.215. The zero-order valence-corrected chi connectivity index (χ0v) is 14.0. The van der Waals surface area contributed by atoms with E-state index >= 15 is 0 Å². The molecule has 1 aromatic rings. The van der Waals surface area contributed by atoms with E-state index < -0.39 is 0 Å². The highest BCUT2D eigenvalue weighted by Gasteiger charge is 2.23. The van der Waals surface area contributed by atoms with Crippen LogP contribution in [-0.2, 0) is 9.53 Å². The van der Waals surface area contributed by atoms with Crippen molar-refractivity contribution >= 4 is 11.6 Å². The van der Waals surface area contributed by atoms with Crippen molar-refractivity contribution in [3.05, 3.63) is 29.8 Å². The zero-order chi connectivity index (χ0) is 16.1. The number of hydrogen-bond donors (Lipinski definition) is 1. The number of piperazine rings is 1. The number of carbonyl (C=O) groups excluding carboxylic acids is 1. The van der Waals surface area contributed by atoms with Gasteiger partial charge in [0.05, 0.1) is 0 Å². The van der Waals surface area contributed by atoms with Gasteiger partial charge in [-0.05, 0) is 37.5 Å². The lowest BCUT2D eigenvalue weighted by Gasteiger charge is -2.36. The number of hydrogen-bond acceptors (Lipinski definition) is 4. The van der Waals surface area contributed by atoms with E-state index in [1.54, 1.807) is 0 Å². The van der Waals surface area contributed by atoms with E-state index in [1.165, 1.54) is 11.3 Å². The Morgan fingerprint density at radius 1 is 1.30 bits per heavy atom. The minimum absolute atomic E-state index is 0.0564. The van der Waals surface area contributed by atoms with Crippen molar-refractivity contribution in [3.63, 3.8) is 0 Å². The molecule has 3 rings (SSSR count). The van der Waals surface area contributed by atoms with Gasteiger partial charge in [0.2, 0.25) is 5.91 Å². The van der Waals surface area contributed by atoms with Crippen molar-refractivity contribution in [2.75, 3.05) is 50.8 Å². The van der Waals surface area contributed by atoms with Gasteiger partial charge in [0.25, 0.3) is 0 Å². The summed E-state index contributed by atoms with van der Waals surface area (Å²) in [5.41, 5.74) is 2.62. The van der Waals surface area contributed by atoms with Crippen molar-refractivity contribution in [2.45, 2.75) is 25.9 Å². The van der Waals surface area contributed by atoms with E-state index in [2.05, 4.69) is 46.3 Å². The maximum atomic E-state index is 11.9. The summed E-state index contributed by atoms with van der Waals surface area (Å²) in [6.07, 6.45) is 1.65. The molecule has 0 spiro atoms. The van der Waals surface area contributed by atoms with E-state index in [0.29, 0.717) is 6.54 Å². The monoisotopic (exact) mass is 317 g/mol. The molecular weight excluding hydrogens is 290 g/mol. The highest BCUT2D eigenvalue weighted by Crippen LogP contribution is 2.17. The molecule has 2 heterocycles. The van der Waals surface area contributed by atoms with Gasteiger partial charge in [-0.3, -0.25) is 9.69 Å². The standard InChI is InChI=1S/C18H27N3O2/c1-15-4-2-5-16(14-15)21-11-9-20(10-12-21)8-7-19-18(22)17-6-3-13-23-17/h2,4-5,14,17H,3,6-13H2,1H3,(H,19,22)/t17-/m0/s1. The van der Waals surface area contributed by atoms with Gasteiger partial charge >= 0.3 is 0 Å². The maximum Gasteiger partial charge on any atom is 0.249 e. The molecule has 2 aliphatic rings. The molecule has 126 valence electrons. The molecule has 2 fully saturated rings. The Bertz CT molecular complexity index is 521. The molecule has 5 heteroatoms. The van der Waals surface area contributed by atoms with Gasteiger partial charge in [-0.1, -0.05) is 12.1 Å². The second-order valence-corrected chi connectivity index (χ2v) is 6.46. The second-order valence-electron chi connectivity index (χ2n) is 6.46. The first-order valence-electron chi connectivity index (χ1n) is 8.66.